The maximum Gasteiger partial charge on any atom is 0.387 e. The lowest BCUT2D eigenvalue weighted by atomic mass is 10.2. The fourth-order valence-electron chi connectivity index (χ4n) is 2.45. The van der Waals surface area contributed by atoms with E-state index in [1.807, 2.05) is 0 Å². The van der Waals surface area contributed by atoms with Crippen LogP contribution in [0.3, 0.4) is 0 Å². The lowest BCUT2D eigenvalue weighted by Gasteiger charge is -2.11. The molecule has 2 aromatic rings. The highest BCUT2D eigenvalue weighted by molar-refractivity contribution is 6.02. The zero-order chi connectivity index (χ0) is 22.6. The maximum atomic E-state index is 12.5. The number of hydrogen-bond acceptors (Lipinski definition) is 6. The lowest BCUT2D eigenvalue weighted by molar-refractivity contribution is -0.145. The van der Waals surface area contributed by atoms with E-state index in [1.165, 1.54) is 30.4 Å². The molecule has 0 aliphatic rings. The van der Waals surface area contributed by atoms with Crippen molar-refractivity contribution in [3.63, 3.8) is 0 Å². The number of carbonyl (C=O) groups is 2. The van der Waals surface area contributed by atoms with E-state index in [4.69, 9.17) is 14.2 Å². The van der Waals surface area contributed by atoms with Crippen molar-refractivity contribution in [3.05, 3.63) is 54.1 Å². The number of ether oxygens (including phenoxy) is 4. The Morgan fingerprint density at radius 3 is 2.55 bits per heavy atom. The van der Waals surface area contributed by atoms with Crippen LogP contribution in [-0.4, -0.2) is 38.3 Å². The summed E-state index contributed by atoms with van der Waals surface area (Å²) in [4.78, 5) is 23.6. The first-order chi connectivity index (χ1) is 14.9. The fraction of sp³-hybridized carbons (Fsp3) is 0.273. The van der Waals surface area contributed by atoms with Gasteiger partial charge in [-0.2, -0.15) is 8.78 Å². The first kappa shape index (κ1) is 23.7. The zero-order valence-corrected chi connectivity index (χ0v) is 17.1. The number of esters is 1. The quantitative estimate of drug-likeness (QED) is 0.419. The van der Waals surface area contributed by atoms with Gasteiger partial charge in [-0.25, -0.2) is 4.79 Å². The van der Waals surface area contributed by atoms with Gasteiger partial charge in [-0.1, -0.05) is 12.1 Å². The molecule has 2 aromatic carbocycles. The number of benzene rings is 2. The van der Waals surface area contributed by atoms with Crippen molar-refractivity contribution in [1.29, 1.82) is 0 Å². The van der Waals surface area contributed by atoms with Crippen LogP contribution in [0.2, 0.25) is 0 Å². The van der Waals surface area contributed by atoms with Crippen LogP contribution in [0.15, 0.2) is 48.5 Å². The Bertz CT molecular complexity index is 917. The third-order valence-corrected chi connectivity index (χ3v) is 3.67. The molecule has 0 unspecified atom stereocenters. The molecule has 9 heteroatoms. The fourth-order valence-corrected chi connectivity index (χ4v) is 2.45. The molecule has 31 heavy (non-hydrogen) atoms. The number of amides is 1. The maximum absolute atomic E-state index is 12.5. The summed E-state index contributed by atoms with van der Waals surface area (Å²) in [6.45, 7) is 0.736. The number of carbonyl (C=O) groups excluding carboxylic acids is 2. The van der Waals surface area contributed by atoms with E-state index in [-0.39, 0.29) is 31.3 Å². The molecule has 0 bridgehead atoms. The topological polar surface area (TPSA) is 83.1 Å². The van der Waals surface area contributed by atoms with Crippen LogP contribution < -0.4 is 19.5 Å². The highest BCUT2D eigenvalue weighted by Crippen LogP contribution is 2.30. The Kier molecular flexibility index (Phi) is 9.28. The van der Waals surface area contributed by atoms with E-state index in [0.29, 0.717) is 17.0 Å². The minimum atomic E-state index is -2.97. The lowest BCUT2D eigenvalue weighted by Crippen LogP contribution is -2.14. The molecular formula is C22H23F2NO6. The highest BCUT2D eigenvalue weighted by atomic mass is 19.3. The average Bonchev–Trinajstić information content (AvgIpc) is 2.73. The summed E-state index contributed by atoms with van der Waals surface area (Å²) in [6.07, 6.45) is 2.79. The van der Waals surface area contributed by atoms with Gasteiger partial charge in [0.25, 0.3) is 0 Å². The molecule has 1 N–H and O–H groups in total. The van der Waals surface area contributed by atoms with E-state index in [1.54, 1.807) is 38.1 Å². The molecule has 0 radical (unpaired) electrons. The Labute approximate surface area is 178 Å². The summed E-state index contributed by atoms with van der Waals surface area (Å²) in [5.41, 5.74) is 1.03. The molecule has 7 nitrogen and oxygen atoms in total. The van der Waals surface area contributed by atoms with Gasteiger partial charge in [-0.3, -0.25) is 4.79 Å². The molecule has 166 valence electrons. The van der Waals surface area contributed by atoms with Gasteiger partial charge in [0, 0.05) is 17.8 Å². The van der Waals surface area contributed by atoms with Crippen molar-refractivity contribution < 1.29 is 37.3 Å². The van der Waals surface area contributed by atoms with Gasteiger partial charge in [0.2, 0.25) is 5.91 Å². The average molecular weight is 435 g/mol. The number of nitrogens with one attached hydrogen (secondary N) is 1. The van der Waals surface area contributed by atoms with Gasteiger partial charge in [0.1, 0.15) is 5.75 Å². The predicted molar refractivity (Wildman–Crippen MR) is 110 cm³/mol. The summed E-state index contributed by atoms with van der Waals surface area (Å²) in [5.74, 6) is -0.453. The smallest absolute Gasteiger partial charge is 0.387 e. The third kappa shape index (κ3) is 8.33. The van der Waals surface area contributed by atoms with Crippen LogP contribution in [0.25, 0.3) is 6.08 Å². The predicted octanol–water partition coefficient (Wildman–Crippen LogP) is 4.28. The van der Waals surface area contributed by atoms with Crippen LogP contribution in [0.1, 0.15) is 19.4 Å². The molecule has 2 rings (SSSR count). The van der Waals surface area contributed by atoms with Crippen molar-refractivity contribution in [3.8, 4) is 17.2 Å². The Hall–Kier alpha value is -3.62. The summed E-state index contributed by atoms with van der Waals surface area (Å²) in [5, 5.41) is 2.67. The van der Waals surface area contributed by atoms with E-state index in [0.717, 1.165) is 0 Å². The second-order valence-electron chi connectivity index (χ2n) is 5.96. The van der Waals surface area contributed by atoms with Crippen molar-refractivity contribution in [2.24, 2.45) is 0 Å². The first-order valence-corrected chi connectivity index (χ1v) is 9.50. The summed E-state index contributed by atoms with van der Waals surface area (Å²) in [7, 11) is 0. The minimum absolute atomic E-state index is 0.0851. The van der Waals surface area contributed by atoms with Gasteiger partial charge in [-0.05, 0) is 49.8 Å². The van der Waals surface area contributed by atoms with E-state index in [9.17, 15) is 18.4 Å². The normalized spacial score (nSPS) is 10.7. The summed E-state index contributed by atoms with van der Waals surface area (Å²) < 4.78 is 44.8. The van der Waals surface area contributed by atoms with Crippen LogP contribution in [-0.2, 0) is 14.3 Å². The van der Waals surface area contributed by atoms with Crippen molar-refractivity contribution in [2.75, 3.05) is 25.1 Å². The molecule has 0 heterocycles. The van der Waals surface area contributed by atoms with Gasteiger partial charge in [0.05, 0.1) is 13.2 Å². The molecule has 0 atom stereocenters. The highest BCUT2D eigenvalue weighted by Gasteiger charge is 2.11. The monoisotopic (exact) mass is 435 g/mol. The number of halogens is 2. The third-order valence-electron chi connectivity index (χ3n) is 3.67. The molecule has 0 fully saturated rings. The Morgan fingerprint density at radius 2 is 1.84 bits per heavy atom. The van der Waals surface area contributed by atoms with E-state index >= 15 is 0 Å². The zero-order valence-electron chi connectivity index (χ0n) is 17.1. The number of anilines is 1. The Morgan fingerprint density at radius 1 is 1.03 bits per heavy atom. The van der Waals surface area contributed by atoms with E-state index in [2.05, 4.69) is 10.1 Å². The molecule has 0 aliphatic heterocycles. The molecule has 0 spiro atoms. The van der Waals surface area contributed by atoms with Gasteiger partial charge >= 0.3 is 12.6 Å². The SMILES string of the molecule is CCOC(=O)COc1cccc(NC(=O)/C=C/c2ccc(OC(F)F)c(OCC)c2)c1. The summed E-state index contributed by atoms with van der Waals surface area (Å²) >= 11 is 0. The molecule has 0 saturated heterocycles. The van der Waals surface area contributed by atoms with Crippen molar-refractivity contribution in [1.82, 2.24) is 0 Å². The number of rotatable bonds is 11. The molecular weight excluding hydrogens is 412 g/mol. The van der Waals surface area contributed by atoms with E-state index < -0.39 is 18.5 Å². The van der Waals surface area contributed by atoms with Gasteiger partial charge in [0.15, 0.2) is 18.1 Å². The first-order valence-electron chi connectivity index (χ1n) is 9.50. The van der Waals surface area contributed by atoms with Crippen LogP contribution in [0.5, 0.6) is 17.2 Å². The second-order valence-corrected chi connectivity index (χ2v) is 5.96. The molecule has 0 aromatic heterocycles. The largest absolute Gasteiger partial charge is 0.490 e. The summed E-state index contributed by atoms with van der Waals surface area (Å²) in [6, 6.07) is 10.9. The molecule has 1 amide bonds. The van der Waals surface area contributed by atoms with Crippen molar-refractivity contribution >= 4 is 23.6 Å². The van der Waals surface area contributed by atoms with Gasteiger partial charge < -0.3 is 24.3 Å². The van der Waals surface area contributed by atoms with Crippen LogP contribution in [0.4, 0.5) is 14.5 Å². The minimum Gasteiger partial charge on any atom is -0.490 e. The number of hydrogen-bond donors (Lipinski definition) is 1. The second kappa shape index (κ2) is 12.2. The van der Waals surface area contributed by atoms with Crippen LogP contribution in [0, 0.1) is 0 Å². The Balaban J connectivity index is 2.00. The van der Waals surface area contributed by atoms with Gasteiger partial charge in [-0.15, -0.1) is 0 Å². The molecule has 0 aliphatic carbocycles. The van der Waals surface area contributed by atoms with Crippen molar-refractivity contribution in [2.45, 2.75) is 20.5 Å². The van der Waals surface area contributed by atoms with Crippen LogP contribution >= 0.6 is 0 Å². The molecule has 0 saturated carbocycles. The standard InChI is InChI=1S/C22H23F2NO6/c1-3-28-19-12-15(8-10-18(19)31-22(23)24)9-11-20(26)25-16-6-5-7-17(13-16)30-14-21(27)29-4-2/h5-13,22H,3-4,14H2,1-2H3,(H,25,26)/b11-9+. The number of alkyl halides is 2.